The van der Waals surface area contributed by atoms with Gasteiger partial charge in [0.05, 0.1) is 6.20 Å². The van der Waals surface area contributed by atoms with Gasteiger partial charge in [0.1, 0.15) is 10.6 Å². The van der Waals surface area contributed by atoms with E-state index in [4.69, 9.17) is 10.8 Å². The molecule has 5 nitrogen and oxygen atoms in total. The number of carboxylic acids is 1. The van der Waals surface area contributed by atoms with Crippen LogP contribution in [-0.2, 0) is 11.3 Å². The zero-order valence-electron chi connectivity index (χ0n) is 7.07. The third-order valence-corrected chi connectivity index (χ3v) is 2.57. The van der Waals surface area contributed by atoms with Crippen molar-refractivity contribution in [1.29, 1.82) is 0 Å². The molecule has 0 aliphatic rings. The molecule has 1 aromatic rings. The molecule has 0 saturated heterocycles. The standard InChI is InChI=1S/C7H10BrN3O2/c1-2-11-6(8)4(3-10-11)5(9)7(12)13/h3,5H,2,9H2,1H3,(H,12,13). The molecule has 0 bridgehead atoms. The minimum atomic E-state index is -1.06. The van der Waals surface area contributed by atoms with Gasteiger partial charge in [-0.25, -0.2) is 0 Å². The second-order valence-corrected chi connectivity index (χ2v) is 3.27. The fourth-order valence-corrected chi connectivity index (χ4v) is 1.64. The highest BCUT2D eigenvalue weighted by atomic mass is 79.9. The van der Waals surface area contributed by atoms with Gasteiger partial charge in [0.15, 0.2) is 0 Å². The number of carbonyl (C=O) groups is 1. The molecule has 3 N–H and O–H groups in total. The molecular weight excluding hydrogens is 238 g/mol. The number of aromatic nitrogens is 2. The molecule has 0 radical (unpaired) electrons. The quantitative estimate of drug-likeness (QED) is 0.826. The van der Waals surface area contributed by atoms with Crippen molar-refractivity contribution in [2.24, 2.45) is 5.73 Å². The first-order valence-corrected chi connectivity index (χ1v) is 4.56. The van der Waals surface area contributed by atoms with Crippen molar-refractivity contribution < 1.29 is 9.90 Å². The topological polar surface area (TPSA) is 81.1 Å². The van der Waals surface area contributed by atoms with Crippen molar-refractivity contribution in [3.8, 4) is 0 Å². The maximum atomic E-state index is 10.6. The molecule has 0 aliphatic carbocycles. The fraction of sp³-hybridized carbons (Fsp3) is 0.429. The summed E-state index contributed by atoms with van der Waals surface area (Å²) in [4.78, 5) is 10.6. The lowest BCUT2D eigenvalue weighted by atomic mass is 10.2. The Balaban J connectivity index is 3.02. The molecule has 1 heterocycles. The molecule has 0 spiro atoms. The molecule has 1 unspecified atom stereocenters. The van der Waals surface area contributed by atoms with Gasteiger partial charge >= 0.3 is 5.97 Å². The maximum absolute atomic E-state index is 10.6. The Morgan fingerprint density at radius 2 is 2.54 bits per heavy atom. The summed E-state index contributed by atoms with van der Waals surface area (Å²) in [5, 5.41) is 12.6. The van der Waals surface area contributed by atoms with Crippen LogP contribution in [-0.4, -0.2) is 20.9 Å². The molecule has 0 aliphatic heterocycles. The van der Waals surface area contributed by atoms with Crippen molar-refractivity contribution in [3.05, 3.63) is 16.4 Å². The maximum Gasteiger partial charge on any atom is 0.325 e. The minimum Gasteiger partial charge on any atom is -0.480 e. The highest BCUT2D eigenvalue weighted by Crippen LogP contribution is 2.21. The zero-order valence-corrected chi connectivity index (χ0v) is 8.65. The van der Waals surface area contributed by atoms with Crippen LogP contribution in [0.25, 0.3) is 0 Å². The Hall–Kier alpha value is -0.880. The van der Waals surface area contributed by atoms with Crippen molar-refractivity contribution in [2.75, 3.05) is 0 Å². The van der Waals surface area contributed by atoms with Crippen molar-refractivity contribution in [3.63, 3.8) is 0 Å². The number of nitrogens with zero attached hydrogens (tertiary/aromatic N) is 2. The Morgan fingerprint density at radius 3 is 2.92 bits per heavy atom. The number of carboxylic acid groups (broad SMARTS) is 1. The normalized spacial score (nSPS) is 12.8. The van der Waals surface area contributed by atoms with Crippen LogP contribution in [0.3, 0.4) is 0 Å². The zero-order chi connectivity index (χ0) is 10.0. The van der Waals surface area contributed by atoms with Crippen LogP contribution >= 0.6 is 15.9 Å². The van der Waals surface area contributed by atoms with Crippen molar-refractivity contribution in [2.45, 2.75) is 19.5 Å². The van der Waals surface area contributed by atoms with E-state index in [0.717, 1.165) is 0 Å². The average Bonchev–Trinajstić information content (AvgIpc) is 2.45. The van der Waals surface area contributed by atoms with Crippen LogP contribution in [0.2, 0.25) is 0 Å². The van der Waals surface area contributed by atoms with Crippen LogP contribution in [0.4, 0.5) is 0 Å². The SMILES string of the molecule is CCn1ncc(C(N)C(=O)O)c1Br. The number of hydrogen-bond donors (Lipinski definition) is 2. The van der Waals surface area contributed by atoms with Gasteiger partial charge < -0.3 is 10.8 Å². The lowest BCUT2D eigenvalue weighted by Crippen LogP contribution is -2.20. The van der Waals surface area contributed by atoms with Gasteiger partial charge in [0.2, 0.25) is 0 Å². The number of nitrogens with two attached hydrogens (primary N) is 1. The highest BCUT2D eigenvalue weighted by molar-refractivity contribution is 9.10. The predicted octanol–water partition coefficient (Wildman–Crippen LogP) is 0.750. The first-order chi connectivity index (χ1) is 6.07. The molecule has 0 fully saturated rings. The second kappa shape index (κ2) is 3.89. The molecule has 13 heavy (non-hydrogen) atoms. The lowest BCUT2D eigenvalue weighted by Gasteiger charge is -2.04. The Kier molecular flexibility index (Phi) is 3.05. The second-order valence-electron chi connectivity index (χ2n) is 2.52. The van der Waals surface area contributed by atoms with E-state index in [9.17, 15) is 4.79 Å². The number of hydrogen-bond acceptors (Lipinski definition) is 3. The number of halogens is 1. The van der Waals surface area contributed by atoms with E-state index in [1.165, 1.54) is 6.20 Å². The summed E-state index contributed by atoms with van der Waals surface area (Å²) in [6.45, 7) is 2.58. The van der Waals surface area contributed by atoms with E-state index in [2.05, 4.69) is 21.0 Å². The number of aryl methyl sites for hydroxylation is 1. The minimum absolute atomic E-state index is 0.495. The summed E-state index contributed by atoms with van der Waals surface area (Å²) in [5.41, 5.74) is 5.92. The largest absolute Gasteiger partial charge is 0.480 e. The summed E-state index contributed by atoms with van der Waals surface area (Å²) in [7, 11) is 0. The molecule has 0 aromatic carbocycles. The summed E-state index contributed by atoms with van der Waals surface area (Å²) in [5.74, 6) is -1.06. The van der Waals surface area contributed by atoms with Gasteiger partial charge in [-0.2, -0.15) is 5.10 Å². The first kappa shape index (κ1) is 10.2. The van der Waals surface area contributed by atoms with E-state index in [0.29, 0.717) is 16.7 Å². The average molecular weight is 248 g/mol. The smallest absolute Gasteiger partial charge is 0.325 e. The van der Waals surface area contributed by atoms with E-state index in [-0.39, 0.29) is 0 Å². The molecule has 1 aromatic heterocycles. The first-order valence-electron chi connectivity index (χ1n) is 3.77. The molecule has 1 atom stereocenters. The third kappa shape index (κ3) is 1.89. The van der Waals surface area contributed by atoms with Crippen LogP contribution < -0.4 is 5.73 Å². The van der Waals surface area contributed by atoms with E-state index in [1.807, 2.05) is 6.92 Å². The highest BCUT2D eigenvalue weighted by Gasteiger charge is 2.20. The van der Waals surface area contributed by atoms with Crippen LogP contribution in [0.15, 0.2) is 10.8 Å². The molecule has 0 amide bonds. The fourth-order valence-electron chi connectivity index (χ4n) is 0.947. The van der Waals surface area contributed by atoms with Crippen molar-refractivity contribution in [1.82, 2.24) is 9.78 Å². The molecular formula is C7H10BrN3O2. The van der Waals surface area contributed by atoms with Gasteiger partial charge in [0, 0.05) is 12.1 Å². The Labute approximate surface area is 83.7 Å². The van der Waals surface area contributed by atoms with Gasteiger partial charge in [-0.3, -0.25) is 9.48 Å². The van der Waals surface area contributed by atoms with E-state index in [1.54, 1.807) is 4.68 Å². The summed E-state index contributed by atoms with van der Waals surface area (Å²) in [6.07, 6.45) is 1.46. The monoisotopic (exact) mass is 247 g/mol. The van der Waals surface area contributed by atoms with E-state index < -0.39 is 12.0 Å². The van der Waals surface area contributed by atoms with Gasteiger partial charge in [-0.15, -0.1) is 0 Å². The number of aliphatic carboxylic acids is 1. The van der Waals surface area contributed by atoms with Gasteiger partial charge in [-0.05, 0) is 22.9 Å². The van der Waals surface area contributed by atoms with Crippen LogP contribution in [0.5, 0.6) is 0 Å². The molecule has 1 rings (SSSR count). The molecule has 72 valence electrons. The third-order valence-electron chi connectivity index (χ3n) is 1.70. The van der Waals surface area contributed by atoms with Crippen LogP contribution in [0.1, 0.15) is 18.5 Å². The summed E-state index contributed by atoms with van der Waals surface area (Å²) >= 11 is 3.24. The van der Waals surface area contributed by atoms with Crippen molar-refractivity contribution >= 4 is 21.9 Å². The van der Waals surface area contributed by atoms with E-state index >= 15 is 0 Å². The molecule has 0 saturated carbocycles. The molecule has 6 heteroatoms. The predicted molar refractivity (Wildman–Crippen MR) is 50.2 cm³/mol. The van der Waals surface area contributed by atoms with Gasteiger partial charge in [-0.1, -0.05) is 0 Å². The lowest BCUT2D eigenvalue weighted by molar-refractivity contribution is -0.138. The summed E-state index contributed by atoms with van der Waals surface area (Å²) in [6, 6.07) is -1.02. The summed E-state index contributed by atoms with van der Waals surface area (Å²) < 4.78 is 2.27. The van der Waals surface area contributed by atoms with Crippen LogP contribution in [0, 0.1) is 0 Å². The Bertz CT molecular complexity index is 324. The van der Waals surface area contributed by atoms with Gasteiger partial charge in [0.25, 0.3) is 0 Å². The number of rotatable bonds is 3. The Morgan fingerprint density at radius 1 is 1.92 bits per heavy atom.